The Morgan fingerprint density at radius 2 is 1.87 bits per heavy atom. The predicted octanol–water partition coefficient (Wildman–Crippen LogP) is 4.92. The molecule has 6 heteroatoms. The van der Waals surface area contributed by atoms with Gasteiger partial charge < -0.3 is 14.6 Å². The topological polar surface area (TPSA) is 62.4 Å². The SMILES string of the molecule is Cc1[nH]c2cc(Cl)ccc2c1C(=O)N1C[C@@H](C)C2(OC(=O)c3ccccc32)[C@@H](C)C1. The number of rotatable bonds is 1. The number of ether oxygens (including phenoxy) is 1. The van der Waals surface area contributed by atoms with Gasteiger partial charge in [-0.15, -0.1) is 0 Å². The second-order valence-corrected chi connectivity index (χ2v) is 8.99. The number of benzene rings is 2. The summed E-state index contributed by atoms with van der Waals surface area (Å²) in [5.41, 5.74) is 3.26. The molecule has 2 aliphatic rings. The van der Waals surface area contributed by atoms with Crippen LogP contribution in [0.1, 0.15) is 45.8 Å². The standard InChI is InChI=1S/C24H23ClN2O3/c1-13-11-27(22(28)21-15(3)26-20-10-16(25)8-9-18(20)21)12-14(2)24(13)19-7-5-4-6-17(19)23(29)30-24/h4-10,13-14,26H,11-12H2,1-3H3/t13-,14+,24?. The largest absolute Gasteiger partial charge is 0.450 e. The first kappa shape index (κ1) is 19.2. The first-order chi connectivity index (χ1) is 14.3. The van der Waals surface area contributed by atoms with Crippen LogP contribution in [0.15, 0.2) is 42.5 Å². The fraction of sp³-hybridized carbons (Fsp3) is 0.333. The Bertz CT molecular complexity index is 1190. The third kappa shape index (κ3) is 2.54. The van der Waals surface area contributed by atoms with Gasteiger partial charge in [0.05, 0.1) is 11.1 Å². The van der Waals surface area contributed by atoms with E-state index in [0.717, 1.165) is 22.2 Å². The van der Waals surface area contributed by atoms with E-state index in [2.05, 4.69) is 18.8 Å². The van der Waals surface area contributed by atoms with Crippen LogP contribution in [0.25, 0.3) is 10.9 Å². The highest BCUT2D eigenvalue weighted by Crippen LogP contribution is 2.50. The highest BCUT2D eigenvalue weighted by atomic mass is 35.5. The molecule has 0 radical (unpaired) electrons. The van der Waals surface area contributed by atoms with E-state index >= 15 is 0 Å². The van der Waals surface area contributed by atoms with Gasteiger partial charge in [0.1, 0.15) is 5.60 Å². The number of likely N-dealkylation sites (tertiary alicyclic amines) is 1. The fourth-order valence-corrected chi connectivity index (χ4v) is 5.57. The molecule has 154 valence electrons. The van der Waals surface area contributed by atoms with Crippen molar-refractivity contribution < 1.29 is 14.3 Å². The lowest BCUT2D eigenvalue weighted by molar-refractivity contribution is -0.105. The fourth-order valence-electron chi connectivity index (χ4n) is 5.39. The van der Waals surface area contributed by atoms with Crippen LogP contribution in [-0.2, 0) is 10.3 Å². The van der Waals surface area contributed by atoms with Crippen molar-refractivity contribution in [3.05, 3.63) is 69.9 Å². The molecule has 3 atom stereocenters. The summed E-state index contributed by atoms with van der Waals surface area (Å²) in [4.78, 5) is 31.2. The van der Waals surface area contributed by atoms with Crippen molar-refractivity contribution in [2.75, 3.05) is 13.1 Å². The van der Waals surface area contributed by atoms with E-state index in [0.29, 0.717) is 29.2 Å². The van der Waals surface area contributed by atoms with Crippen LogP contribution in [0.2, 0.25) is 5.02 Å². The van der Waals surface area contributed by atoms with Crippen LogP contribution in [0.3, 0.4) is 0 Å². The van der Waals surface area contributed by atoms with Crippen LogP contribution in [-0.4, -0.2) is 34.8 Å². The van der Waals surface area contributed by atoms with Gasteiger partial charge >= 0.3 is 5.97 Å². The van der Waals surface area contributed by atoms with Crippen molar-refractivity contribution in [3.63, 3.8) is 0 Å². The Labute approximate surface area is 180 Å². The lowest BCUT2D eigenvalue weighted by atomic mass is 9.70. The molecule has 0 aliphatic carbocycles. The van der Waals surface area contributed by atoms with Gasteiger partial charge in [-0.1, -0.05) is 49.7 Å². The zero-order valence-electron chi connectivity index (χ0n) is 17.2. The number of aryl methyl sites for hydroxylation is 1. The Kier molecular flexibility index (Phi) is 4.23. The van der Waals surface area contributed by atoms with Crippen molar-refractivity contribution >= 4 is 34.4 Å². The van der Waals surface area contributed by atoms with Crippen LogP contribution in [0.5, 0.6) is 0 Å². The average molecular weight is 423 g/mol. The van der Waals surface area contributed by atoms with E-state index in [9.17, 15) is 9.59 Å². The van der Waals surface area contributed by atoms with Crippen LogP contribution in [0.4, 0.5) is 0 Å². The molecule has 2 aliphatic heterocycles. The number of esters is 1. The molecule has 5 nitrogen and oxygen atoms in total. The van der Waals surface area contributed by atoms with Crippen LogP contribution in [0, 0.1) is 18.8 Å². The number of piperidine rings is 1. The number of hydrogen-bond acceptors (Lipinski definition) is 3. The molecular weight excluding hydrogens is 400 g/mol. The smallest absolute Gasteiger partial charge is 0.339 e. The number of halogens is 1. The zero-order chi connectivity index (χ0) is 21.2. The highest BCUT2D eigenvalue weighted by molar-refractivity contribution is 6.31. The molecular formula is C24H23ClN2O3. The van der Waals surface area contributed by atoms with Gasteiger partial charge in [-0.2, -0.15) is 0 Å². The molecule has 1 amide bonds. The van der Waals surface area contributed by atoms with Crippen molar-refractivity contribution in [2.24, 2.45) is 11.8 Å². The maximum absolute atomic E-state index is 13.6. The van der Waals surface area contributed by atoms with Crippen LogP contribution < -0.4 is 0 Å². The number of carbonyl (C=O) groups excluding carboxylic acids is 2. The Balaban J connectivity index is 1.50. The maximum Gasteiger partial charge on any atom is 0.339 e. The van der Waals surface area contributed by atoms with Crippen molar-refractivity contribution in [3.8, 4) is 0 Å². The van der Waals surface area contributed by atoms with Gasteiger partial charge in [0, 0.05) is 52.1 Å². The number of nitrogens with one attached hydrogen (secondary N) is 1. The molecule has 30 heavy (non-hydrogen) atoms. The molecule has 3 aromatic rings. The van der Waals surface area contributed by atoms with Gasteiger partial charge in [-0.25, -0.2) is 4.79 Å². The number of aromatic amines is 1. The number of H-pyrrole nitrogens is 1. The van der Waals surface area contributed by atoms with E-state index in [1.54, 1.807) is 6.07 Å². The molecule has 0 saturated carbocycles. The first-order valence-electron chi connectivity index (χ1n) is 10.2. The number of nitrogens with zero attached hydrogens (tertiary/aromatic N) is 1. The zero-order valence-corrected chi connectivity index (χ0v) is 17.9. The summed E-state index contributed by atoms with van der Waals surface area (Å²) >= 11 is 6.11. The first-order valence-corrected chi connectivity index (χ1v) is 10.6. The molecule has 1 unspecified atom stereocenters. The molecule has 1 saturated heterocycles. The normalized spacial score (nSPS) is 25.6. The molecule has 1 aromatic heterocycles. The number of carbonyl (C=O) groups is 2. The summed E-state index contributed by atoms with van der Waals surface area (Å²) in [6, 6.07) is 13.1. The maximum atomic E-state index is 13.6. The number of aromatic nitrogens is 1. The van der Waals surface area contributed by atoms with Gasteiger partial charge in [0.25, 0.3) is 5.91 Å². The van der Waals surface area contributed by atoms with E-state index in [1.807, 2.05) is 48.2 Å². The summed E-state index contributed by atoms with van der Waals surface area (Å²) < 4.78 is 6.01. The molecule has 5 rings (SSSR count). The molecule has 3 heterocycles. The molecule has 1 spiro atoms. The summed E-state index contributed by atoms with van der Waals surface area (Å²) in [6.45, 7) is 7.07. The Morgan fingerprint density at radius 1 is 1.17 bits per heavy atom. The molecule has 0 bridgehead atoms. The van der Waals surface area contributed by atoms with Gasteiger partial charge in [-0.3, -0.25) is 4.79 Å². The summed E-state index contributed by atoms with van der Waals surface area (Å²) in [5.74, 6) is -0.337. The third-order valence-electron chi connectivity index (χ3n) is 6.73. The quantitative estimate of drug-likeness (QED) is 0.566. The summed E-state index contributed by atoms with van der Waals surface area (Å²) in [5, 5.41) is 1.51. The van der Waals surface area contributed by atoms with Crippen molar-refractivity contribution in [1.82, 2.24) is 9.88 Å². The van der Waals surface area contributed by atoms with E-state index < -0.39 is 5.60 Å². The van der Waals surface area contributed by atoms with Gasteiger partial charge in [0.15, 0.2) is 0 Å². The van der Waals surface area contributed by atoms with E-state index in [-0.39, 0.29) is 23.7 Å². The average Bonchev–Trinajstić information content (AvgIpc) is 3.20. The van der Waals surface area contributed by atoms with Crippen molar-refractivity contribution in [1.29, 1.82) is 0 Å². The highest BCUT2D eigenvalue weighted by Gasteiger charge is 2.56. The monoisotopic (exact) mass is 422 g/mol. The molecule has 1 N–H and O–H groups in total. The van der Waals surface area contributed by atoms with E-state index in [1.165, 1.54) is 0 Å². The van der Waals surface area contributed by atoms with Gasteiger partial charge in [0.2, 0.25) is 0 Å². The second kappa shape index (κ2) is 6.61. The third-order valence-corrected chi connectivity index (χ3v) is 6.97. The van der Waals surface area contributed by atoms with E-state index in [4.69, 9.17) is 16.3 Å². The minimum Gasteiger partial charge on any atom is -0.450 e. The predicted molar refractivity (Wildman–Crippen MR) is 116 cm³/mol. The van der Waals surface area contributed by atoms with Crippen LogP contribution >= 0.6 is 11.6 Å². The summed E-state index contributed by atoms with van der Waals surface area (Å²) in [6.07, 6.45) is 0. The number of hydrogen-bond donors (Lipinski definition) is 1. The summed E-state index contributed by atoms with van der Waals surface area (Å²) in [7, 11) is 0. The minimum atomic E-state index is -0.687. The lowest BCUT2D eigenvalue weighted by Crippen LogP contribution is -2.56. The molecule has 1 fully saturated rings. The molecule has 2 aromatic carbocycles. The Hall–Kier alpha value is -2.79. The number of amides is 1. The number of fused-ring (bicyclic) bond motifs is 3. The Morgan fingerprint density at radius 3 is 2.60 bits per heavy atom. The minimum absolute atomic E-state index is 0.00719. The second-order valence-electron chi connectivity index (χ2n) is 8.56. The van der Waals surface area contributed by atoms with Gasteiger partial charge in [-0.05, 0) is 25.1 Å². The lowest BCUT2D eigenvalue weighted by Gasteiger charge is -2.48. The van der Waals surface area contributed by atoms with Crippen molar-refractivity contribution in [2.45, 2.75) is 26.4 Å².